The van der Waals surface area contributed by atoms with Crippen molar-refractivity contribution in [1.29, 1.82) is 0 Å². The lowest BCUT2D eigenvalue weighted by molar-refractivity contribution is -0.133. The standard InChI is InChI=1S/C10H17NO3/c1-8(10(12)13)6-11-5-3-4-9(7-11)14-2/h9H,1,3-7H2,2H3,(H,12,13). The normalized spacial score (nSPS) is 23.4. The van der Waals surface area contributed by atoms with Gasteiger partial charge in [-0.15, -0.1) is 0 Å². The van der Waals surface area contributed by atoms with Crippen molar-refractivity contribution in [3.8, 4) is 0 Å². The van der Waals surface area contributed by atoms with Gasteiger partial charge in [0.1, 0.15) is 0 Å². The van der Waals surface area contributed by atoms with Crippen molar-refractivity contribution in [2.45, 2.75) is 18.9 Å². The number of rotatable bonds is 4. The number of aliphatic carboxylic acids is 1. The Bertz CT molecular complexity index is 227. The predicted molar refractivity (Wildman–Crippen MR) is 53.2 cm³/mol. The zero-order valence-corrected chi connectivity index (χ0v) is 8.53. The van der Waals surface area contributed by atoms with E-state index in [2.05, 4.69) is 11.5 Å². The van der Waals surface area contributed by atoms with E-state index in [1.54, 1.807) is 7.11 Å². The van der Waals surface area contributed by atoms with Crippen molar-refractivity contribution < 1.29 is 14.6 Å². The van der Waals surface area contributed by atoms with Crippen LogP contribution >= 0.6 is 0 Å². The van der Waals surface area contributed by atoms with E-state index >= 15 is 0 Å². The van der Waals surface area contributed by atoms with Crippen molar-refractivity contribution in [3.05, 3.63) is 12.2 Å². The molecule has 0 radical (unpaired) electrons. The Morgan fingerprint density at radius 1 is 1.71 bits per heavy atom. The summed E-state index contributed by atoms with van der Waals surface area (Å²) in [7, 11) is 1.69. The lowest BCUT2D eigenvalue weighted by Crippen LogP contribution is -2.40. The first kappa shape index (κ1) is 11.2. The molecule has 1 fully saturated rings. The van der Waals surface area contributed by atoms with Crippen LogP contribution in [0, 0.1) is 0 Å². The number of hydrogen-bond acceptors (Lipinski definition) is 3. The molecule has 0 aromatic heterocycles. The van der Waals surface area contributed by atoms with Crippen LogP contribution in [-0.2, 0) is 9.53 Å². The molecule has 0 spiro atoms. The van der Waals surface area contributed by atoms with E-state index in [1.807, 2.05) is 0 Å². The van der Waals surface area contributed by atoms with Crippen LogP contribution in [0.25, 0.3) is 0 Å². The lowest BCUT2D eigenvalue weighted by Gasteiger charge is -2.31. The number of nitrogens with zero attached hydrogens (tertiary/aromatic N) is 1. The Labute approximate surface area is 84.2 Å². The van der Waals surface area contributed by atoms with E-state index in [0.29, 0.717) is 6.54 Å². The van der Waals surface area contributed by atoms with E-state index in [1.165, 1.54) is 0 Å². The molecule has 1 atom stereocenters. The molecular weight excluding hydrogens is 182 g/mol. The third-order valence-electron chi connectivity index (χ3n) is 2.51. The minimum atomic E-state index is -0.912. The van der Waals surface area contributed by atoms with Gasteiger partial charge in [-0.3, -0.25) is 4.90 Å². The zero-order valence-electron chi connectivity index (χ0n) is 8.53. The molecule has 1 rings (SSSR count). The monoisotopic (exact) mass is 199 g/mol. The summed E-state index contributed by atoms with van der Waals surface area (Å²) in [5.74, 6) is -0.912. The average Bonchev–Trinajstić information content (AvgIpc) is 2.18. The Morgan fingerprint density at radius 2 is 2.43 bits per heavy atom. The molecule has 80 valence electrons. The fourth-order valence-corrected chi connectivity index (χ4v) is 1.69. The minimum absolute atomic E-state index is 0.241. The Hall–Kier alpha value is -0.870. The fraction of sp³-hybridized carbons (Fsp3) is 0.700. The van der Waals surface area contributed by atoms with Crippen molar-refractivity contribution in [2.75, 3.05) is 26.7 Å². The van der Waals surface area contributed by atoms with Crippen molar-refractivity contribution in [1.82, 2.24) is 4.90 Å². The highest BCUT2D eigenvalue weighted by Gasteiger charge is 2.20. The van der Waals surface area contributed by atoms with Gasteiger partial charge in [-0.1, -0.05) is 6.58 Å². The van der Waals surface area contributed by atoms with Gasteiger partial charge in [-0.2, -0.15) is 0 Å². The quantitative estimate of drug-likeness (QED) is 0.678. The van der Waals surface area contributed by atoms with Gasteiger partial charge in [-0.25, -0.2) is 4.79 Å². The van der Waals surface area contributed by atoms with E-state index in [4.69, 9.17) is 9.84 Å². The van der Waals surface area contributed by atoms with Gasteiger partial charge in [0.25, 0.3) is 0 Å². The summed E-state index contributed by atoms with van der Waals surface area (Å²) >= 11 is 0. The number of piperidine rings is 1. The van der Waals surface area contributed by atoms with Crippen molar-refractivity contribution in [2.24, 2.45) is 0 Å². The summed E-state index contributed by atoms with van der Waals surface area (Å²) in [5, 5.41) is 8.68. The second-order valence-electron chi connectivity index (χ2n) is 3.64. The molecule has 1 aliphatic heterocycles. The summed E-state index contributed by atoms with van der Waals surface area (Å²) in [5.41, 5.74) is 0.252. The second-order valence-corrected chi connectivity index (χ2v) is 3.64. The molecular formula is C10H17NO3. The molecule has 14 heavy (non-hydrogen) atoms. The van der Waals surface area contributed by atoms with E-state index in [-0.39, 0.29) is 11.7 Å². The van der Waals surface area contributed by atoms with Crippen molar-refractivity contribution >= 4 is 5.97 Å². The van der Waals surface area contributed by atoms with Crippen molar-refractivity contribution in [3.63, 3.8) is 0 Å². The summed E-state index contributed by atoms with van der Waals surface area (Å²) in [6, 6.07) is 0. The molecule has 4 heteroatoms. The minimum Gasteiger partial charge on any atom is -0.478 e. The van der Waals surface area contributed by atoms with E-state index < -0.39 is 5.97 Å². The van der Waals surface area contributed by atoms with E-state index in [9.17, 15) is 4.79 Å². The first-order valence-corrected chi connectivity index (χ1v) is 4.79. The maximum absolute atomic E-state index is 10.6. The summed E-state index contributed by atoms with van der Waals surface area (Å²) in [6.45, 7) is 5.70. The highest BCUT2D eigenvalue weighted by molar-refractivity contribution is 5.86. The summed E-state index contributed by atoms with van der Waals surface area (Å²) in [4.78, 5) is 12.6. The van der Waals surface area contributed by atoms with Gasteiger partial charge < -0.3 is 9.84 Å². The molecule has 0 bridgehead atoms. The highest BCUT2D eigenvalue weighted by Crippen LogP contribution is 2.13. The van der Waals surface area contributed by atoms with Crippen LogP contribution in [0.5, 0.6) is 0 Å². The first-order valence-electron chi connectivity index (χ1n) is 4.79. The third-order valence-corrected chi connectivity index (χ3v) is 2.51. The van der Waals surface area contributed by atoms with Gasteiger partial charge in [0, 0.05) is 25.8 Å². The molecule has 1 N–H and O–H groups in total. The zero-order chi connectivity index (χ0) is 10.6. The number of hydrogen-bond donors (Lipinski definition) is 1. The molecule has 1 saturated heterocycles. The molecule has 0 aromatic carbocycles. The van der Waals surface area contributed by atoms with Gasteiger partial charge in [0.2, 0.25) is 0 Å². The van der Waals surface area contributed by atoms with Gasteiger partial charge in [0.05, 0.1) is 6.10 Å². The molecule has 0 amide bonds. The summed E-state index contributed by atoms with van der Waals surface area (Å²) < 4.78 is 5.24. The maximum atomic E-state index is 10.6. The van der Waals surface area contributed by atoms with Crippen LogP contribution in [0.15, 0.2) is 12.2 Å². The molecule has 1 unspecified atom stereocenters. The molecule has 0 saturated carbocycles. The molecule has 1 heterocycles. The number of methoxy groups -OCH3 is 1. The van der Waals surface area contributed by atoms with Gasteiger partial charge in [0.15, 0.2) is 0 Å². The second kappa shape index (κ2) is 5.12. The average molecular weight is 199 g/mol. The van der Waals surface area contributed by atoms with Crippen LogP contribution in [0.4, 0.5) is 0 Å². The molecule has 0 aromatic rings. The van der Waals surface area contributed by atoms with Crippen LogP contribution in [0.1, 0.15) is 12.8 Å². The third kappa shape index (κ3) is 3.12. The molecule has 1 aliphatic rings. The smallest absolute Gasteiger partial charge is 0.332 e. The number of ether oxygens (including phenoxy) is 1. The topological polar surface area (TPSA) is 49.8 Å². The van der Waals surface area contributed by atoms with Crippen LogP contribution < -0.4 is 0 Å². The highest BCUT2D eigenvalue weighted by atomic mass is 16.5. The molecule has 4 nitrogen and oxygen atoms in total. The van der Waals surface area contributed by atoms with Gasteiger partial charge in [-0.05, 0) is 19.4 Å². The van der Waals surface area contributed by atoms with E-state index in [0.717, 1.165) is 25.9 Å². The Kier molecular flexibility index (Phi) is 4.10. The first-order chi connectivity index (χ1) is 6.63. The number of carboxylic acids is 1. The lowest BCUT2D eigenvalue weighted by atomic mass is 10.1. The number of carboxylic acid groups (broad SMARTS) is 1. The molecule has 0 aliphatic carbocycles. The Morgan fingerprint density at radius 3 is 3.00 bits per heavy atom. The van der Waals surface area contributed by atoms with Crippen LogP contribution in [0.3, 0.4) is 0 Å². The van der Waals surface area contributed by atoms with Crippen LogP contribution in [0.2, 0.25) is 0 Å². The maximum Gasteiger partial charge on any atom is 0.332 e. The SMILES string of the molecule is C=C(CN1CCCC(OC)C1)C(=O)O. The predicted octanol–water partition coefficient (Wildman–Crippen LogP) is 0.738. The van der Waals surface area contributed by atoms with Crippen LogP contribution in [-0.4, -0.2) is 48.8 Å². The number of likely N-dealkylation sites (tertiary alicyclic amines) is 1. The Balaban J connectivity index is 2.37. The van der Waals surface area contributed by atoms with Gasteiger partial charge >= 0.3 is 5.97 Å². The fourth-order valence-electron chi connectivity index (χ4n) is 1.69. The summed E-state index contributed by atoms with van der Waals surface area (Å²) in [6.07, 6.45) is 2.36. The number of carbonyl (C=O) groups is 1. The largest absolute Gasteiger partial charge is 0.478 e.